The van der Waals surface area contributed by atoms with Crippen molar-refractivity contribution in [2.45, 2.75) is 25.0 Å². The average molecular weight is 395 g/mol. The van der Waals surface area contributed by atoms with Gasteiger partial charge in [0.05, 0.1) is 6.54 Å². The Morgan fingerprint density at radius 2 is 1.90 bits per heavy atom. The van der Waals surface area contributed by atoms with Gasteiger partial charge in [0.1, 0.15) is 12.7 Å². The van der Waals surface area contributed by atoms with Gasteiger partial charge in [-0.05, 0) is 50.2 Å². The van der Waals surface area contributed by atoms with Gasteiger partial charge in [-0.1, -0.05) is 18.2 Å². The number of hydrogen-bond donors (Lipinski definition) is 2. The van der Waals surface area contributed by atoms with Gasteiger partial charge in [0, 0.05) is 23.8 Å². The standard InChI is InChI=1S/C22H25N3O4/c1-25(12-18-14-28-19-7-2-3-8-20(19)29-18)13-21(26)23-17-6-4-5-15(11-17)22(27)24-16-9-10-16/h2-8,11,16,18H,9-10,12-14H2,1H3,(H,23,26)(H,24,27). The minimum atomic E-state index is -0.149. The summed E-state index contributed by atoms with van der Waals surface area (Å²) >= 11 is 0. The predicted octanol–water partition coefficient (Wildman–Crippen LogP) is 2.29. The number of amides is 2. The van der Waals surface area contributed by atoms with Crippen LogP contribution in [0.2, 0.25) is 0 Å². The molecule has 1 aliphatic heterocycles. The molecule has 29 heavy (non-hydrogen) atoms. The molecule has 1 atom stereocenters. The number of carbonyl (C=O) groups is 2. The van der Waals surface area contributed by atoms with E-state index in [1.165, 1.54) is 0 Å². The van der Waals surface area contributed by atoms with Crippen molar-refractivity contribution in [1.29, 1.82) is 0 Å². The lowest BCUT2D eigenvalue weighted by molar-refractivity contribution is -0.117. The van der Waals surface area contributed by atoms with Gasteiger partial charge in [0.25, 0.3) is 5.91 Å². The lowest BCUT2D eigenvalue weighted by atomic mass is 10.2. The molecule has 7 nitrogen and oxygen atoms in total. The van der Waals surface area contributed by atoms with Crippen LogP contribution in [0.3, 0.4) is 0 Å². The Bertz CT molecular complexity index is 897. The molecule has 2 aromatic carbocycles. The molecule has 2 N–H and O–H groups in total. The van der Waals surface area contributed by atoms with Gasteiger partial charge in [-0.25, -0.2) is 0 Å². The van der Waals surface area contributed by atoms with Crippen molar-refractivity contribution in [3.8, 4) is 11.5 Å². The van der Waals surface area contributed by atoms with Crippen LogP contribution in [0.4, 0.5) is 5.69 Å². The highest BCUT2D eigenvalue weighted by Crippen LogP contribution is 2.30. The number of carbonyl (C=O) groups excluding carboxylic acids is 2. The zero-order chi connectivity index (χ0) is 20.2. The zero-order valence-electron chi connectivity index (χ0n) is 16.4. The van der Waals surface area contributed by atoms with Crippen LogP contribution >= 0.6 is 0 Å². The van der Waals surface area contributed by atoms with Crippen molar-refractivity contribution in [1.82, 2.24) is 10.2 Å². The fourth-order valence-electron chi connectivity index (χ4n) is 3.25. The first-order chi connectivity index (χ1) is 14.1. The summed E-state index contributed by atoms with van der Waals surface area (Å²) in [4.78, 5) is 26.5. The Morgan fingerprint density at radius 3 is 2.69 bits per heavy atom. The van der Waals surface area contributed by atoms with Crippen molar-refractivity contribution in [2.75, 3.05) is 32.1 Å². The summed E-state index contributed by atoms with van der Waals surface area (Å²) in [5.74, 6) is 1.22. The van der Waals surface area contributed by atoms with Crippen molar-refractivity contribution < 1.29 is 19.1 Å². The van der Waals surface area contributed by atoms with Gasteiger partial charge in [-0.3, -0.25) is 14.5 Å². The highest BCUT2D eigenvalue weighted by Gasteiger charge is 2.24. The minimum absolute atomic E-state index is 0.101. The molecule has 1 fully saturated rings. The third-order valence-corrected chi connectivity index (χ3v) is 4.82. The van der Waals surface area contributed by atoms with E-state index >= 15 is 0 Å². The Labute approximate surface area is 170 Å². The van der Waals surface area contributed by atoms with Crippen LogP contribution in [0.15, 0.2) is 48.5 Å². The number of hydrogen-bond acceptors (Lipinski definition) is 5. The van der Waals surface area contributed by atoms with Gasteiger partial charge in [0.2, 0.25) is 5.91 Å². The first-order valence-corrected chi connectivity index (χ1v) is 9.84. The van der Waals surface area contributed by atoms with Crippen LogP contribution in [0, 0.1) is 0 Å². The van der Waals surface area contributed by atoms with E-state index in [0.29, 0.717) is 30.4 Å². The molecule has 1 heterocycles. The van der Waals surface area contributed by atoms with Crippen molar-refractivity contribution in [2.24, 2.45) is 0 Å². The van der Waals surface area contributed by atoms with E-state index in [1.807, 2.05) is 36.2 Å². The lowest BCUT2D eigenvalue weighted by Gasteiger charge is -2.29. The van der Waals surface area contributed by atoms with Crippen LogP contribution in [0.1, 0.15) is 23.2 Å². The van der Waals surface area contributed by atoms with Crippen LogP contribution in [-0.2, 0) is 4.79 Å². The summed E-state index contributed by atoms with van der Waals surface area (Å²) in [6.45, 7) is 1.21. The molecule has 1 aliphatic carbocycles. The number of benzene rings is 2. The summed E-state index contributed by atoms with van der Waals surface area (Å²) in [7, 11) is 1.86. The van der Waals surface area contributed by atoms with Crippen molar-refractivity contribution in [3.63, 3.8) is 0 Å². The molecule has 0 bridgehead atoms. The number of nitrogens with one attached hydrogen (secondary N) is 2. The number of ether oxygens (including phenoxy) is 2. The van der Waals surface area contributed by atoms with Crippen LogP contribution < -0.4 is 20.1 Å². The molecular formula is C22H25N3O4. The molecule has 2 aliphatic rings. The second-order valence-electron chi connectivity index (χ2n) is 7.57. The highest BCUT2D eigenvalue weighted by molar-refractivity contribution is 5.97. The second kappa shape index (κ2) is 8.53. The quantitative estimate of drug-likeness (QED) is 0.752. The Morgan fingerprint density at radius 1 is 1.10 bits per heavy atom. The first kappa shape index (κ1) is 19.3. The molecule has 0 spiro atoms. The van der Waals surface area contributed by atoms with Gasteiger partial charge in [0.15, 0.2) is 11.5 Å². The number of anilines is 1. The van der Waals surface area contributed by atoms with E-state index in [9.17, 15) is 9.59 Å². The van der Waals surface area contributed by atoms with Crippen molar-refractivity contribution >= 4 is 17.5 Å². The molecule has 152 valence electrons. The maximum atomic E-state index is 12.4. The number of rotatable bonds is 7. The van der Waals surface area contributed by atoms with E-state index in [2.05, 4.69) is 10.6 Å². The lowest BCUT2D eigenvalue weighted by Crippen LogP contribution is -2.42. The van der Waals surface area contributed by atoms with Gasteiger partial charge in [-0.15, -0.1) is 0 Å². The number of likely N-dealkylation sites (N-methyl/N-ethyl adjacent to an activating group) is 1. The Kier molecular flexibility index (Phi) is 5.67. The van der Waals surface area contributed by atoms with Gasteiger partial charge < -0.3 is 20.1 Å². The van der Waals surface area contributed by atoms with Crippen LogP contribution in [-0.4, -0.2) is 55.6 Å². The molecule has 2 aromatic rings. The molecule has 0 saturated heterocycles. The molecule has 4 rings (SSSR count). The van der Waals surface area contributed by atoms with Gasteiger partial charge in [-0.2, -0.15) is 0 Å². The molecule has 0 radical (unpaired) electrons. The normalized spacial score (nSPS) is 17.7. The SMILES string of the molecule is CN(CC(=O)Nc1cccc(C(=O)NC2CC2)c1)CC1COc2ccccc2O1. The summed E-state index contributed by atoms with van der Waals surface area (Å²) in [6, 6.07) is 14.9. The van der Waals surface area contributed by atoms with Crippen molar-refractivity contribution in [3.05, 3.63) is 54.1 Å². The monoisotopic (exact) mass is 395 g/mol. The Hall–Kier alpha value is -3.06. The topological polar surface area (TPSA) is 79.9 Å². The fraction of sp³-hybridized carbons (Fsp3) is 0.364. The van der Waals surface area contributed by atoms with E-state index in [1.54, 1.807) is 24.3 Å². The van der Waals surface area contributed by atoms with E-state index in [-0.39, 0.29) is 24.5 Å². The molecular weight excluding hydrogens is 370 g/mol. The maximum absolute atomic E-state index is 12.4. The highest BCUT2D eigenvalue weighted by atomic mass is 16.6. The number of fused-ring (bicyclic) bond motifs is 1. The second-order valence-corrected chi connectivity index (χ2v) is 7.57. The third kappa shape index (κ3) is 5.26. The maximum Gasteiger partial charge on any atom is 0.251 e. The van der Waals surface area contributed by atoms with Gasteiger partial charge >= 0.3 is 0 Å². The third-order valence-electron chi connectivity index (χ3n) is 4.82. The number of nitrogens with zero attached hydrogens (tertiary/aromatic N) is 1. The van der Waals surface area contributed by atoms with E-state index < -0.39 is 0 Å². The fourth-order valence-corrected chi connectivity index (χ4v) is 3.25. The Balaban J connectivity index is 1.26. The first-order valence-electron chi connectivity index (χ1n) is 9.84. The molecule has 1 unspecified atom stereocenters. The largest absolute Gasteiger partial charge is 0.486 e. The summed E-state index contributed by atoms with van der Waals surface area (Å²) in [6.07, 6.45) is 1.93. The van der Waals surface area contributed by atoms with Crippen LogP contribution in [0.25, 0.3) is 0 Å². The molecule has 1 saturated carbocycles. The average Bonchev–Trinajstić information content (AvgIpc) is 3.52. The van der Waals surface area contributed by atoms with Crippen LogP contribution in [0.5, 0.6) is 11.5 Å². The molecule has 7 heteroatoms. The molecule has 0 aromatic heterocycles. The zero-order valence-corrected chi connectivity index (χ0v) is 16.4. The molecule has 2 amide bonds. The number of para-hydroxylation sites is 2. The minimum Gasteiger partial charge on any atom is -0.486 e. The summed E-state index contributed by atoms with van der Waals surface area (Å²) in [5.41, 5.74) is 1.16. The summed E-state index contributed by atoms with van der Waals surface area (Å²) < 4.78 is 11.7. The predicted molar refractivity (Wildman–Crippen MR) is 109 cm³/mol. The van der Waals surface area contributed by atoms with E-state index in [0.717, 1.165) is 24.3 Å². The smallest absolute Gasteiger partial charge is 0.251 e. The van der Waals surface area contributed by atoms with E-state index in [4.69, 9.17) is 9.47 Å². The summed E-state index contributed by atoms with van der Waals surface area (Å²) in [5, 5.41) is 5.81.